The molecule has 3 heteroatoms. The molecule has 0 heterocycles. The van der Waals surface area contributed by atoms with E-state index < -0.39 is 5.97 Å². The maximum Gasteiger partial charge on any atom is 0.303 e. The van der Waals surface area contributed by atoms with Gasteiger partial charge in [0.05, 0.1) is 0 Å². The van der Waals surface area contributed by atoms with Gasteiger partial charge in [0, 0.05) is 12.5 Å². The van der Waals surface area contributed by atoms with Gasteiger partial charge < -0.3 is 10.4 Å². The van der Waals surface area contributed by atoms with Crippen LogP contribution in [-0.2, 0) is 11.2 Å². The molecule has 0 spiro atoms. The Morgan fingerprint density at radius 3 is 3.12 bits per heavy atom. The van der Waals surface area contributed by atoms with Gasteiger partial charge in [-0.25, -0.2) is 0 Å². The van der Waals surface area contributed by atoms with Crippen LogP contribution < -0.4 is 5.32 Å². The van der Waals surface area contributed by atoms with Gasteiger partial charge in [-0.05, 0) is 43.9 Å². The number of carboxylic acid groups (broad SMARTS) is 1. The number of hydrogen-bond donors (Lipinski definition) is 2. The van der Waals surface area contributed by atoms with Gasteiger partial charge in [0.15, 0.2) is 0 Å². The molecule has 0 aromatic heterocycles. The number of carboxylic acids is 1. The highest BCUT2D eigenvalue weighted by atomic mass is 16.4. The number of aryl methyl sites for hydroxylation is 2. The van der Waals surface area contributed by atoms with Crippen molar-refractivity contribution in [1.82, 2.24) is 5.32 Å². The van der Waals surface area contributed by atoms with Gasteiger partial charge in [-0.3, -0.25) is 4.79 Å². The average molecular weight is 233 g/mol. The Bertz CT molecular complexity index is 415. The SMILES string of the molecule is Cc1ccc2c(c1)C(NCCCC(=O)O)CC2. The third-order valence-corrected chi connectivity index (χ3v) is 3.34. The summed E-state index contributed by atoms with van der Waals surface area (Å²) in [5.41, 5.74) is 4.13. The highest BCUT2D eigenvalue weighted by Crippen LogP contribution is 2.31. The lowest BCUT2D eigenvalue weighted by Crippen LogP contribution is -2.21. The normalized spacial score (nSPS) is 18.1. The Labute approximate surface area is 102 Å². The molecule has 0 bridgehead atoms. The van der Waals surface area contributed by atoms with Crippen molar-refractivity contribution < 1.29 is 9.90 Å². The van der Waals surface area contributed by atoms with E-state index in [-0.39, 0.29) is 6.42 Å². The van der Waals surface area contributed by atoms with Crippen molar-refractivity contribution in [2.24, 2.45) is 0 Å². The molecule has 0 fully saturated rings. The van der Waals surface area contributed by atoms with E-state index in [1.807, 2.05) is 0 Å². The van der Waals surface area contributed by atoms with E-state index in [0.717, 1.165) is 19.4 Å². The summed E-state index contributed by atoms with van der Waals surface area (Å²) in [4.78, 5) is 10.4. The molecule has 3 nitrogen and oxygen atoms in total. The van der Waals surface area contributed by atoms with Gasteiger partial charge in [-0.2, -0.15) is 0 Å². The van der Waals surface area contributed by atoms with Crippen LogP contribution in [-0.4, -0.2) is 17.6 Å². The van der Waals surface area contributed by atoms with Crippen LogP contribution in [0, 0.1) is 6.92 Å². The van der Waals surface area contributed by atoms with Crippen LogP contribution in [0.5, 0.6) is 0 Å². The number of aliphatic carboxylic acids is 1. The van der Waals surface area contributed by atoms with Crippen LogP contribution in [0.2, 0.25) is 0 Å². The summed E-state index contributed by atoms with van der Waals surface area (Å²) in [6, 6.07) is 7.03. The third kappa shape index (κ3) is 3.07. The van der Waals surface area contributed by atoms with Gasteiger partial charge in [0.25, 0.3) is 0 Å². The van der Waals surface area contributed by atoms with Crippen LogP contribution in [0.4, 0.5) is 0 Å². The zero-order valence-corrected chi connectivity index (χ0v) is 10.2. The highest BCUT2D eigenvalue weighted by Gasteiger charge is 2.21. The van der Waals surface area contributed by atoms with E-state index in [0.29, 0.717) is 12.5 Å². The topological polar surface area (TPSA) is 49.3 Å². The van der Waals surface area contributed by atoms with Crippen molar-refractivity contribution >= 4 is 5.97 Å². The molecule has 0 saturated carbocycles. The fourth-order valence-corrected chi connectivity index (χ4v) is 2.45. The largest absolute Gasteiger partial charge is 0.481 e. The Morgan fingerprint density at radius 1 is 1.53 bits per heavy atom. The minimum Gasteiger partial charge on any atom is -0.481 e. The Kier molecular flexibility index (Phi) is 3.79. The molecule has 0 saturated heterocycles. The second kappa shape index (κ2) is 5.32. The van der Waals surface area contributed by atoms with Gasteiger partial charge in [0.1, 0.15) is 0 Å². The quantitative estimate of drug-likeness (QED) is 0.768. The second-order valence-corrected chi connectivity index (χ2v) is 4.74. The number of rotatable bonds is 5. The second-order valence-electron chi connectivity index (χ2n) is 4.74. The molecule has 0 aliphatic heterocycles. The molecular weight excluding hydrogens is 214 g/mol. The summed E-state index contributed by atoms with van der Waals surface area (Å²) in [5.74, 6) is -0.713. The molecule has 0 radical (unpaired) electrons. The van der Waals surface area contributed by atoms with Crippen LogP contribution in [0.1, 0.15) is 42.0 Å². The number of carbonyl (C=O) groups is 1. The highest BCUT2D eigenvalue weighted by molar-refractivity contribution is 5.66. The van der Waals surface area contributed by atoms with Crippen LogP contribution >= 0.6 is 0 Å². The van der Waals surface area contributed by atoms with E-state index in [1.165, 1.54) is 16.7 Å². The van der Waals surface area contributed by atoms with Crippen molar-refractivity contribution in [2.75, 3.05) is 6.54 Å². The molecule has 0 amide bonds. The Balaban J connectivity index is 1.88. The van der Waals surface area contributed by atoms with Crippen molar-refractivity contribution in [3.8, 4) is 0 Å². The maximum absolute atomic E-state index is 10.4. The molecular formula is C14H19NO2. The van der Waals surface area contributed by atoms with E-state index in [4.69, 9.17) is 5.11 Å². The standard InChI is InChI=1S/C14H19NO2/c1-10-4-5-11-6-7-13(12(11)9-10)15-8-2-3-14(16)17/h4-5,9,13,15H,2-3,6-8H2,1H3,(H,16,17). The van der Waals surface area contributed by atoms with Crippen molar-refractivity contribution in [1.29, 1.82) is 0 Å². The van der Waals surface area contributed by atoms with Gasteiger partial charge in [-0.15, -0.1) is 0 Å². The smallest absolute Gasteiger partial charge is 0.303 e. The molecule has 2 N–H and O–H groups in total. The number of hydrogen-bond acceptors (Lipinski definition) is 2. The number of fused-ring (bicyclic) bond motifs is 1. The van der Waals surface area contributed by atoms with E-state index in [2.05, 4.69) is 30.4 Å². The van der Waals surface area contributed by atoms with Crippen molar-refractivity contribution in [3.63, 3.8) is 0 Å². The van der Waals surface area contributed by atoms with Crippen molar-refractivity contribution in [2.45, 2.75) is 38.6 Å². The summed E-state index contributed by atoms with van der Waals surface area (Å²) >= 11 is 0. The first-order valence-electron chi connectivity index (χ1n) is 6.21. The first-order chi connectivity index (χ1) is 8.16. The molecule has 2 rings (SSSR count). The number of nitrogens with one attached hydrogen (secondary N) is 1. The summed E-state index contributed by atoms with van der Waals surface area (Å²) in [6.45, 7) is 2.89. The fourth-order valence-electron chi connectivity index (χ4n) is 2.45. The minimum atomic E-state index is -0.713. The molecule has 92 valence electrons. The minimum absolute atomic E-state index is 0.250. The van der Waals surface area contributed by atoms with Crippen LogP contribution in [0.25, 0.3) is 0 Å². The van der Waals surface area contributed by atoms with Crippen molar-refractivity contribution in [3.05, 3.63) is 34.9 Å². The van der Waals surface area contributed by atoms with Crippen LogP contribution in [0.3, 0.4) is 0 Å². The Hall–Kier alpha value is -1.35. The third-order valence-electron chi connectivity index (χ3n) is 3.34. The average Bonchev–Trinajstić information content (AvgIpc) is 2.67. The predicted molar refractivity (Wildman–Crippen MR) is 67.1 cm³/mol. The molecule has 1 aliphatic carbocycles. The maximum atomic E-state index is 10.4. The lowest BCUT2D eigenvalue weighted by Gasteiger charge is -2.14. The zero-order chi connectivity index (χ0) is 12.3. The summed E-state index contributed by atoms with van der Waals surface area (Å²) in [5, 5.41) is 12.0. The zero-order valence-electron chi connectivity index (χ0n) is 10.2. The molecule has 1 aromatic rings. The summed E-state index contributed by atoms with van der Waals surface area (Å²) in [7, 11) is 0. The number of benzene rings is 1. The van der Waals surface area contributed by atoms with Gasteiger partial charge in [-0.1, -0.05) is 23.8 Å². The van der Waals surface area contributed by atoms with Crippen LogP contribution in [0.15, 0.2) is 18.2 Å². The lowest BCUT2D eigenvalue weighted by molar-refractivity contribution is -0.137. The van der Waals surface area contributed by atoms with Gasteiger partial charge in [0.2, 0.25) is 0 Å². The Morgan fingerprint density at radius 2 is 2.35 bits per heavy atom. The molecule has 1 unspecified atom stereocenters. The van der Waals surface area contributed by atoms with E-state index >= 15 is 0 Å². The fraction of sp³-hybridized carbons (Fsp3) is 0.500. The molecule has 1 aliphatic rings. The van der Waals surface area contributed by atoms with E-state index in [9.17, 15) is 4.79 Å². The molecule has 17 heavy (non-hydrogen) atoms. The molecule has 1 aromatic carbocycles. The molecule has 1 atom stereocenters. The van der Waals surface area contributed by atoms with Gasteiger partial charge >= 0.3 is 5.97 Å². The van der Waals surface area contributed by atoms with E-state index in [1.54, 1.807) is 0 Å². The summed E-state index contributed by atoms with van der Waals surface area (Å²) < 4.78 is 0. The first kappa shape index (κ1) is 12.1. The monoisotopic (exact) mass is 233 g/mol. The predicted octanol–water partition coefficient (Wildman–Crippen LogP) is 2.44. The lowest BCUT2D eigenvalue weighted by atomic mass is 10.0. The first-order valence-corrected chi connectivity index (χ1v) is 6.21. The summed E-state index contributed by atoms with van der Waals surface area (Å²) in [6.07, 6.45) is 3.21.